The number of aryl methyl sites for hydroxylation is 1. The standard InChI is InChI=1S/C9H11BrOS/c1-3-11-9-7(10)4-6(2)5-8(9)12/h4-5,12H,3H2,1-2H3. The van der Waals surface area contributed by atoms with Crippen LogP contribution in [0.4, 0.5) is 0 Å². The molecule has 1 aromatic carbocycles. The normalized spacial score (nSPS) is 10.0. The minimum absolute atomic E-state index is 0.662. The van der Waals surface area contributed by atoms with Gasteiger partial charge in [-0.05, 0) is 47.5 Å². The van der Waals surface area contributed by atoms with E-state index < -0.39 is 0 Å². The first-order chi connectivity index (χ1) is 5.65. The number of hydrogen-bond acceptors (Lipinski definition) is 2. The van der Waals surface area contributed by atoms with E-state index in [2.05, 4.69) is 28.6 Å². The maximum absolute atomic E-state index is 5.40. The minimum Gasteiger partial charge on any atom is -0.492 e. The van der Waals surface area contributed by atoms with Gasteiger partial charge in [-0.1, -0.05) is 0 Å². The van der Waals surface area contributed by atoms with Crippen molar-refractivity contribution >= 4 is 28.6 Å². The Bertz CT molecular complexity index is 263. The largest absolute Gasteiger partial charge is 0.492 e. The number of halogens is 1. The lowest BCUT2D eigenvalue weighted by molar-refractivity contribution is 0.330. The molecule has 0 aliphatic rings. The summed E-state index contributed by atoms with van der Waals surface area (Å²) in [6.07, 6.45) is 0. The van der Waals surface area contributed by atoms with Gasteiger partial charge in [0, 0.05) is 4.90 Å². The summed E-state index contributed by atoms with van der Waals surface area (Å²) in [5, 5.41) is 0. The van der Waals surface area contributed by atoms with Gasteiger partial charge in [0.25, 0.3) is 0 Å². The smallest absolute Gasteiger partial charge is 0.146 e. The predicted octanol–water partition coefficient (Wildman–Crippen LogP) is 3.44. The maximum atomic E-state index is 5.40. The fraction of sp³-hybridized carbons (Fsp3) is 0.333. The van der Waals surface area contributed by atoms with Gasteiger partial charge in [0.15, 0.2) is 0 Å². The molecule has 1 aromatic rings. The highest BCUT2D eigenvalue weighted by atomic mass is 79.9. The summed E-state index contributed by atoms with van der Waals surface area (Å²) in [5.74, 6) is 0.825. The zero-order chi connectivity index (χ0) is 9.14. The van der Waals surface area contributed by atoms with Gasteiger partial charge in [-0.25, -0.2) is 0 Å². The van der Waals surface area contributed by atoms with Crippen LogP contribution in [0.2, 0.25) is 0 Å². The molecule has 66 valence electrons. The Labute approximate surface area is 86.7 Å². The maximum Gasteiger partial charge on any atom is 0.146 e. The second-order valence-corrected chi connectivity index (χ2v) is 3.86. The lowest BCUT2D eigenvalue weighted by Crippen LogP contribution is -1.94. The Balaban J connectivity index is 3.10. The zero-order valence-corrected chi connectivity index (χ0v) is 9.58. The Hall–Kier alpha value is -0.150. The van der Waals surface area contributed by atoms with Crippen molar-refractivity contribution in [2.45, 2.75) is 18.7 Å². The molecule has 12 heavy (non-hydrogen) atoms. The van der Waals surface area contributed by atoms with Crippen molar-refractivity contribution in [1.29, 1.82) is 0 Å². The number of ether oxygens (including phenoxy) is 1. The molecule has 0 heterocycles. The minimum atomic E-state index is 0.662. The molecular formula is C9H11BrOS. The Morgan fingerprint density at radius 3 is 2.67 bits per heavy atom. The van der Waals surface area contributed by atoms with Crippen LogP contribution in [-0.4, -0.2) is 6.61 Å². The summed E-state index contributed by atoms with van der Waals surface area (Å²) >= 11 is 7.74. The molecule has 0 saturated heterocycles. The lowest BCUT2D eigenvalue weighted by atomic mass is 10.2. The van der Waals surface area contributed by atoms with Crippen LogP contribution < -0.4 is 4.74 Å². The van der Waals surface area contributed by atoms with Crippen LogP contribution in [0.5, 0.6) is 5.75 Å². The summed E-state index contributed by atoms with van der Waals surface area (Å²) in [5.41, 5.74) is 1.18. The van der Waals surface area contributed by atoms with Crippen LogP contribution >= 0.6 is 28.6 Å². The van der Waals surface area contributed by atoms with Gasteiger partial charge in [-0.15, -0.1) is 12.6 Å². The van der Waals surface area contributed by atoms with Crippen molar-refractivity contribution < 1.29 is 4.74 Å². The topological polar surface area (TPSA) is 9.23 Å². The van der Waals surface area contributed by atoms with Crippen LogP contribution in [0, 0.1) is 6.92 Å². The molecule has 0 spiro atoms. The van der Waals surface area contributed by atoms with E-state index >= 15 is 0 Å². The third kappa shape index (κ3) is 2.17. The Kier molecular flexibility index (Phi) is 3.47. The van der Waals surface area contributed by atoms with Gasteiger partial charge >= 0.3 is 0 Å². The fourth-order valence-electron chi connectivity index (χ4n) is 0.998. The van der Waals surface area contributed by atoms with E-state index in [0.717, 1.165) is 15.1 Å². The highest BCUT2D eigenvalue weighted by Gasteiger charge is 2.05. The molecule has 0 unspecified atom stereocenters. The third-order valence-corrected chi connectivity index (χ3v) is 2.38. The molecule has 1 nitrogen and oxygen atoms in total. The third-order valence-electron chi connectivity index (χ3n) is 1.46. The summed E-state index contributed by atoms with van der Waals surface area (Å²) in [4.78, 5) is 0.878. The lowest BCUT2D eigenvalue weighted by Gasteiger charge is -2.09. The van der Waals surface area contributed by atoms with E-state index in [1.807, 2.05) is 26.0 Å². The molecule has 0 amide bonds. The average Bonchev–Trinajstić information content (AvgIpc) is 1.96. The molecule has 3 heteroatoms. The zero-order valence-electron chi connectivity index (χ0n) is 7.10. The summed E-state index contributed by atoms with van der Waals surface area (Å²) < 4.78 is 6.37. The van der Waals surface area contributed by atoms with E-state index in [1.165, 1.54) is 5.56 Å². The van der Waals surface area contributed by atoms with E-state index in [4.69, 9.17) is 4.74 Å². The molecule has 0 saturated carbocycles. The molecule has 0 aliphatic heterocycles. The van der Waals surface area contributed by atoms with Gasteiger partial charge in [0.05, 0.1) is 11.1 Å². The first kappa shape index (κ1) is 9.93. The van der Waals surface area contributed by atoms with Crippen LogP contribution in [0.25, 0.3) is 0 Å². The molecule has 0 radical (unpaired) electrons. The van der Waals surface area contributed by atoms with Crippen LogP contribution in [-0.2, 0) is 0 Å². The summed E-state index contributed by atoms with van der Waals surface area (Å²) in [6, 6.07) is 4.00. The van der Waals surface area contributed by atoms with E-state index in [9.17, 15) is 0 Å². The van der Waals surface area contributed by atoms with Crippen molar-refractivity contribution in [2.75, 3.05) is 6.61 Å². The van der Waals surface area contributed by atoms with Gasteiger partial charge in [0.2, 0.25) is 0 Å². The Morgan fingerprint density at radius 2 is 2.17 bits per heavy atom. The van der Waals surface area contributed by atoms with Crippen molar-refractivity contribution in [3.8, 4) is 5.75 Å². The van der Waals surface area contributed by atoms with Crippen molar-refractivity contribution in [2.24, 2.45) is 0 Å². The second-order valence-electron chi connectivity index (χ2n) is 2.53. The van der Waals surface area contributed by atoms with Crippen LogP contribution in [0.15, 0.2) is 21.5 Å². The molecule has 0 fully saturated rings. The second kappa shape index (κ2) is 4.19. The molecule has 1 rings (SSSR count). The summed E-state index contributed by atoms with van der Waals surface area (Å²) in [6.45, 7) is 4.65. The molecule has 0 bridgehead atoms. The van der Waals surface area contributed by atoms with Crippen molar-refractivity contribution in [1.82, 2.24) is 0 Å². The van der Waals surface area contributed by atoms with Crippen molar-refractivity contribution in [3.63, 3.8) is 0 Å². The van der Waals surface area contributed by atoms with E-state index in [1.54, 1.807) is 0 Å². The van der Waals surface area contributed by atoms with Crippen LogP contribution in [0.1, 0.15) is 12.5 Å². The highest BCUT2D eigenvalue weighted by Crippen LogP contribution is 2.32. The van der Waals surface area contributed by atoms with Crippen molar-refractivity contribution in [3.05, 3.63) is 22.2 Å². The number of thiol groups is 1. The van der Waals surface area contributed by atoms with E-state index in [0.29, 0.717) is 6.61 Å². The molecular weight excluding hydrogens is 236 g/mol. The first-order valence-electron chi connectivity index (χ1n) is 3.77. The van der Waals surface area contributed by atoms with Gasteiger partial charge < -0.3 is 4.74 Å². The monoisotopic (exact) mass is 246 g/mol. The average molecular weight is 247 g/mol. The SMILES string of the molecule is CCOc1c(S)cc(C)cc1Br. The number of rotatable bonds is 2. The number of hydrogen-bond donors (Lipinski definition) is 1. The summed E-state index contributed by atoms with van der Waals surface area (Å²) in [7, 11) is 0. The Morgan fingerprint density at radius 1 is 1.50 bits per heavy atom. The highest BCUT2D eigenvalue weighted by molar-refractivity contribution is 9.10. The number of benzene rings is 1. The van der Waals surface area contributed by atoms with Gasteiger partial charge in [-0.2, -0.15) is 0 Å². The van der Waals surface area contributed by atoms with Crippen LogP contribution in [0.3, 0.4) is 0 Å². The van der Waals surface area contributed by atoms with Gasteiger partial charge in [-0.3, -0.25) is 0 Å². The molecule has 0 aromatic heterocycles. The quantitative estimate of drug-likeness (QED) is 0.787. The fourth-order valence-corrected chi connectivity index (χ4v) is 2.23. The first-order valence-corrected chi connectivity index (χ1v) is 5.01. The molecule has 0 atom stereocenters. The van der Waals surface area contributed by atoms with Gasteiger partial charge in [0.1, 0.15) is 5.75 Å². The molecule has 0 N–H and O–H groups in total. The van der Waals surface area contributed by atoms with E-state index in [-0.39, 0.29) is 0 Å². The molecule has 0 aliphatic carbocycles. The predicted molar refractivity (Wildman–Crippen MR) is 57.3 cm³/mol.